The van der Waals surface area contributed by atoms with Crippen LogP contribution in [0.15, 0.2) is 29.8 Å². The van der Waals surface area contributed by atoms with Crippen molar-refractivity contribution in [1.82, 2.24) is 0 Å². The van der Waals surface area contributed by atoms with Crippen molar-refractivity contribution >= 4 is 17.4 Å². The molecular formula is C15H16ClFO. The van der Waals surface area contributed by atoms with Gasteiger partial charge in [-0.25, -0.2) is 4.39 Å². The van der Waals surface area contributed by atoms with Crippen molar-refractivity contribution in [3.63, 3.8) is 0 Å². The van der Waals surface area contributed by atoms with Crippen LogP contribution in [0.1, 0.15) is 32.3 Å². The first kappa shape index (κ1) is 13.3. The number of halogens is 2. The third-order valence-electron chi connectivity index (χ3n) is 3.16. The molecule has 0 heterocycles. The van der Waals surface area contributed by atoms with E-state index in [1.807, 2.05) is 0 Å². The fraction of sp³-hybridized carbons (Fsp3) is 0.400. The molecule has 0 saturated carbocycles. The number of ketones is 1. The van der Waals surface area contributed by atoms with Gasteiger partial charge in [0, 0.05) is 11.4 Å². The van der Waals surface area contributed by atoms with Crippen molar-refractivity contribution in [2.75, 3.05) is 0 Å². The smallest absolute Gasteiger partial charge is 0.156 e. The van der Waals surface area contributed by atoms with Crippen molar-refractivity contribution in [1.29, 1.82) is 0 Å². The largest absolute Gasteiger partial charge is 0.295 e. The summed E-state index contributed by atoms with van der Waals surface area (Å²) in [4.78, 5) is 11.6. The molecule has 0 atom stereocenters. The lowest BCUT2D eigenvalue weighted by atomic mass is 9.75. The molecule has 1 aromatic rings. The van der Waals surface area contributed by atoms with Crippen molar-refractivity contribution in [3.8, 4) is 0 Å². The minimum absolute atomic E-state index is 0.00761. The molecule has 0 radical (unpaired) electrons. The molecule has 18 heavy (non-hydrogen) atoms. The van der Waals surface area contributed by atoms with Gasteiger partial charge in [0.2, 0.25) is 0 Å². The summed E-state index contributed by atoms with van der Waals surface area (Å²) in [6.07, 6.45) is 3.80. The highest BCUT2D eigenvalue weighted by Crippen LogP contribution is 2.35. The Balaban J connectivity index is 2.21. The second-order valence-corrected chi connectivity index (χ2v) is 6.11. The van der Waals surface area contributed by atoms with Gasteiger partial charge in [0.25, 0.3) is 0 Å². The maximum absolute atomic E-state index is 13.0. The van der Waals surface area contributed by atoms with Crippen LogP contribution in [0.5, 0.6) is 0 Å². The summed E-state index contributed by atoms with van der Waals surface area (Å²) in [6, 6.07) is 4.40. The van der Waals surface area contributed by atoms with E-state index >= 15 is 0 Å². The molecule has 0 bridgehead atoms. The van der Waals surface area contributed by atoms with E-state index < -0.39 is 0 Å². The molecule has 3 heteroatoms. The SMILES string of the molecule is CC1(C)CC(=O)C=C(Cc2ccc(F)cc2Cl)C1. The normalized spacial score (nSPS) is 18.7. The van der Waals surface area contributed by atoms with Gasteiger partial charge < -0.3 is 0 Å². The van der Waals surface area contributed by atoms with Gasteiger partial charge in [0.15, 0.2) is 5.78 Å². The monoisotopic (exact) mass is 266 g/mol. The lowest BCUT2D eigenvalue weighted by Crippen LogP contribution is -2.22. The van der Waals surface area contributed by atoms with Crippen molar-refractivity contribution in [2.45, 2.75) is 33.1 Å². The summed E-state index contributed by atoms with van der Waals surface area (Å²) in [5, 5.41) is 0.423. The van der Waals surface area contributed by atoms with E-state index in [0.717, 1.165) is 17.6 Å². The molecule has 0 N–H and O–H groups in total. The van der Waals surface area contributed by atoms with Crippen LogP contribution < -0.4 is 0 Å². The molecule has 2 rings (SSSR count). The molecule has 1 aliphatic rings. The van der Waals surface area contributed by atoms with E-state index in [1.54, 1.807) is 12.1 Å². The third-order valence-corrected chi connectivity index (χ3v) is 3.51. The van der Waals surface area contributed by atoms with Crippen molar-refractivity contribution in [2.24, 2.45) is 5.41 Å². The molecule has 96 valence electrons. The first-order valence-electron chi connectivity index (χ1n) is 6.02. The summed E-state index contributed by atoms with van der Waals surface area (Å²) in [5.41, 5.74) is 1.95. The Morgan fingerprint density at radius 2 is 2.06 bits per heavy atom. The Morgan fingerprint density at radius 1 is 1.33 bits per heavy atom. The average Bonchev–Trinajstić information content (AvgIpc) is 2.19. The highest BCUT2D eigenvalue weighted by atomic mass is 35.5. The predicted molar refractivity (Wildman–Crippen MR) is 71.2 cm³/mol. The highest BCUT2D eigenvalue weighted by Gasteiger charge is 2.27. The Bertz CT molecular complexity index is 517. The molecule has 1 aromatic carbocycles. The molecule has 1 aliphatic carbocycles. The lowest BCUT2D eigenvalue weighted by molar-refractivity contribution is -0.117. The van der Waals surface area contributed by atoms with Gasteiger partial charge in [-0.05, 0) is 42.0 Å². The Morgan fingerprint density at radius 3 is 2.67 bits per heavy atom. The van der Waals surface area contributed by atoms with Crippen LogP contribution in [0.4, 0.5) is 4.39 Å². The molecule has 0 saturated heterocycles. The molecule has 0 fully saturated rings. The molecule has 0 amide bonds. The Labute approximate surface area is 112 Å². The lowest BCUT2D eigenvalue weighted by Gasteiger charge is -2.29. The van der Waals surface area contributed by atoms with Crippen molar-refractivity contribution < 1.29 is 9.18 Å². The fourth-order valence-corrected chi connectivity index (χ4v) is 2.74. The third kappa shape index (κ3) is 3.20. The fourth-order valence-electron chi connectivity index (χ4n) is 2.50. The number of rotatable bonds is 2. The quantitative estimate of drug-likeness (QED) is 0.778. The van der Waals surface area contributed by atoms with Gasteiger partial charge >= 0.3 is 0 Å². The van der Waals surface area contributed by atoms with Crippen LogP contribution in [0.2, 0.25) is 5.02 Å². The van der Waals surface area contributed by atoms with Gasteiger partial charge in [-0.3, -0.25) is 4.79 Å². The van der Waals surface area contributed by atoms with Crippen LogP contribution >= 0.6 is 11.6 Å². The first-order valence-corrected chi connectivity index (χ1v) is 6.40. The maximum Gasteiger partial charge on any atom is 0.156 e. The summed E-state index contributed by atoms with van der Waals surface area (Å²) in [6.45, 7) is 4.17. The zero-order chi connectivity index (χ0) is 13.3. The molecule has 1 nitrogen and oxygen atoms in total. The predicted octanol–water partition coefficient (Wildman–Crippen LogP) is 4.34. The van der Waals surface area contributed by atoms with Crippen molar-refractivity contribution in [3.05, 3.63) is 46.3 Å². The number of benzene rings is 1. The number of carbonyl (C=O) groups excluding carboxylic acids is 1. The number of hydrogen-bond acceptors (Lipinski definition) is 1. The van der Waals surface area contributed by atoms with Gasteiger partial charge in [-0.15, -0.1) is 0 Å². The highest BCUT2D eigenvalue weighted by molar-refractivity contribution is 6.31. The Kier molecular flexibility index (Phi) is 3.58. The average molecular weight is 267 g/mol. The van der Waals surface area contributed by atoms with E-state index in [0.29, 0.717) is 17.9 Å². The number of hydrogen-bond donors (Lipinski definition) is 0. The van der Waals surface area contributed by atoms with Gasteiger partial charge in [-0.2, -0.15) is 0 Å². The van der Waals surface area contributed by atoms with E-state index in [4.69, 9.17) is 11.6 Å². The van der Waals surface area contributed by atoms with Crippen LogP contribution in [0.3, 0.4) is 0 Å². The van der Waals surface area contributed by atoms with Crippen LogP contribution in [0.25, 0.3) is 0 Å². The minimum Gasteiger partial charge on any atom is -0.295 e. The van der Waals surface area contributed by atoms with Crippen LogP contribution in [0, 0.1) is 11.2 Å². The second kappa shape index (κ2) is 4.85. The second-order valence-electron chi connectivity index (χ2n) is 5.70. The van der Waals surface area contributed by atoms with Gasteiger partial charge in [-0.1, -0.05) is 37.1 Å². The van der Waals surface area contributed by atoms with E-state index in [2.05, 4.69) is 13.8 Å². The zero-order valence-corrected chi connectivity index (χ0v) is 11.4. The minimum atomic E-state index is -0.335. The Hall–Kier alpha value is -1.15. The van der Waals surface area contributed by atoms with E-state index in [9.17, 15) is 9.18 Å². The maximum atomic E-state index is 13.0. The van der Waals surface area contributed by atoms with Crippen LogP contribution in [-0.4, -0.2) is 5.78 Å². The molecule has 0 aliphatic heterocycles. The summed E-state index contributed by atoms with van der Waals surface area (Å²) >= 11 is 6.00. The number of carbonyl (C=O) groups is 1. The molecule has 0 unspecified atom stereocenters. The zero-order valence-electron chi connectivity index (χ0n) is 10.6. The van der Waals surface area contributed by atoms with Gasteiger partial charge in [0.05, 0.1) is 0 Å². The van der Waals surface area contributed by atoms with E-state index in [1.165, 1.54) is 12.1 Å². The summed E-state index contributed by atoms with van der Waals surface area (Å²) in [5.74, 6) is -0.169. The first-order chi connectivity index (χ1) is 8.35. The molecular weight excluding hydrogens is 251 g/mol. The topological polar surface area (TPSA) is 17.1 Å². The van der Waals surface area contributed by atoms with E-state index in [-0.39, 0.29) is 17.0 Å². The summed E-state index contributed by atoms with van der Waals surface area (Å²) in [7, 11) is 0. The molecule has 0 spiro atoms. The molecule has 0 aromatic heterocycles. The number of allylic oxidation sites excluding steroid dienone is 2. The summed E-state index contributed by atoms with van der Waals surface area (Å²) < 4.78 is 13.0. The standard InChI is InChI=1S/C15H16ClFO/c1-15(2)8-10(6-13(18)9-15)5-11-3-4-12(17)7-14(11)16/h3-4,6-7H,5,8-9H2,1-2H3. The van der Waals surface area contributed by atoms with Gasteiger partial charge in [0.1, 0.15) is 5.82 Å². The van der Waals surface area contributed by atoms with Crippen LogP contribution in [-0.2, 0) is 11.2 Å².